The summed E-state index contributed by atoms with van der Waals surface area (Å²) in [6.45, 7) is 0. The average molecular weight is 356 g/mol. The van der Waals surface area contributed by atoms with Crippen LogP contribution in [-0.2, 0) is 4.79 Å². The van der Waals surface area contributed by atoms with Crippen molar-refractivity contribution in [2.75, 3.05) is 11.1 Å². The van der Waals surface area contributed by atoms with Crippen LogP contribution in [0.25, 0.3) is 11.6 Å². The van der Waals surface area contributed by atoms with Crippen molar-refractivity contribution < 1.29 is 4.79 Å². The number of thiazole rings is 1. The second-order valence-corrected chi connectivity index (χ2v) is 6.68. The molecular formula is C18H14ClN3OS. The summed E-state index contributed by atoms with van der Waals surface area (Å²) in [5.41, 5.74) is 8.60. The van der Waals surface area contributed by atoms with Crippen LogP contribution in [0.3, 0.4) is 0 Å². The molecule has 1 heterocycles. The standard InChI is InChI=1S/C18H14ClN3OS/c19-16-11-21-18(24-16)22-17(23)15(10-12-4-2-1-3-5-12)13-6-8-14(20)9-7-13/h1-11H,20H2,(H,21,22,23)/b15-10+. The Morgan fingerprint density at radius 3 is 2.46 bits per heavy atom. The summed E-state index contributed by atoms with van der Waals surface area (Å²) in [6.07, 6.45) is 3.34. The molecule has 0 radical (unpaired) electrons. The molecule has 6 heteroatoms. The largest absolute Gasteiger partial charge is 0.399 e. The third-order valence-corrected chi connectivity index (χ3v) is 4.31. The van der Waals surface area contributed by atoms with Crippen molar-refractivity contribution in [3.05, 3.63) is 76.3 Å². The van der Waals surface area contributed by atoms with Gasteiger partial charge in [0, 0.05) is 11.3 Å². The summed E-state index contributed by atoms with van der Waals surface area (Å²) >= 11 is 7.08. The maximum Gasteiger partial charge on any atom is 0.258 e. The second kappa shape index (κ2) is 7.29. The normalized spacial score (nSPS) is 11.3. The number of nitrogen functional groups attached to an aromatic ring is 1. The van der Waals surface area contributed by atoms with Crippen LogP contribution in [0.1, 0.15) is 11.1 Å². The van der Waals surface area contributed by atoms with Crippen molar-refractivity contribution in [2.24, 2.45) is 0 Å². The van der Waals surface area contributed by atoms with Crippen molar-refractivity contribution >= 4 is 51.3 Å². The monoisotopic (exact) mass is 355 g/mol. The summed E-state index contributed by atoms with van der Waals surface area (Å²) < 4.78 is 0.520. The Morgan fingerprint density at radius 1 is 1.12 bits per heavy atom. The van der Waals surface area contributed by atoms with E-state index >= 15 is 0 Å². The Balaban J connectivity index is 1.96. The molecule has 120 valence electrons. The molecule has 0 atom stereocenters. The van der Waals surface area contributed by atoms with E-state index in [4.69, 9.17) is 17.3 Å². The van der Waals surface area contributed by atoms with Crippen molar-refractivity contribution in [2.45, 2.75) is 0 Å². The molecule has 0 bridgehead atoms. The molecule has 3 aromatic rings. The summed E-state index contributed by atoms with van der Waals surface area (Å²) in [6, 6.07) is 16.8. The first-order chi connectivity index (χ1) is 11.6. The topological polar surface area (TPSA) is 68.0 Å². The van der Waals surface area contributed by atoms with E-state index in [1.54, 1.807) is 12.1 Å². The smallest absolute Gasteiger partial charge is 0.258 e. The molecule has 3 rings (SSSR count). The zero-order valence-electron chi connectivity index (χ0n) is 12.6. The van der Waals surface area contributed by atoms with E-state index in [-0.39, 0.29) is 5.91 Å². The molecule has 0 aliphatic rings. The fourth-order valence-corrected chi connectivity index (χ4v) is 2.94. The van der Waals surface area contributed by atoms with Crippen LogP contribution >= 0.6 is 22.9 Å². The number of amides is 1. The lowest BCUT2D eigenvalue weighted by molar-refractivity contribution is -0.111. The molecule has 0 unspecified atom stereocenters. The quantitative estimate of drug-likeness (QED) is 0.409. The van der Waals surface area contributed by atoms with Gasteiger partial charge in [0.05, 0.1) is 6.20 Å². The molecular weight excluding hydrogens is 342 g/mol. The first kappa shape index (κ1) is 16.2. The summed E-state index contributed by atoms with van der Waals surface area (Å²) in [4.78, 5) is 16.8. The van der Waals surface area contributed by atoms with Gasteiger partial charge >= 0.3 is 0 Å². The molecule has 3 N–H and O–H groups in total. The predicted molar refractivity (Wildman–Crippen MR) is 101 cm³/mol. The minimum atomic E-state index is -0.255. The second-order valence-electron chi connectivity index (χ2n) is 5.01. The Bertz CT molecular complexity index is 873. The highest BCUT2D eigenvalue weighted by atomic mass is 35.5. The van der Waals surface area contributed by atoms with Gasteiger partial charge in [-0.25, -0.2) is 4.98 Å². The lowest BCUT2D eigenvalue weighted by atomic mass is 10.0. The Hall–Kier alpha value is -2.63. The highest BCUT2D eigenvalue weighted by Gasteiger charge is 2.14. The average Bonchev–Trinajstić information content (AvgIpc) is 2.99. The van der Waals surface area contributed by atoms with E-state index in [2.05, 4.69) is 10.3 Å². The van der Waals surface area contributed by atoms with Gasteiger partial charge in [-0.2, -0.15) is 0 Å². The molecule has 2 aromatic carbocycles. The van der Waals surface area contributed by atoms with Crippen LogP contribution in [-0.4, -0.2) is 10.9 Å². The first-order valence-corrected chi connectivity index (χ1v) is 8.36. The fraction of sp³-hybridized carbons (Fsp3) is 0. The fourth-order valence-electron chi connectivity index (χ4n) is 2.14. The van der Waals surface area contributed by atoms with E-state index in [9.17, 15) is 4.79 Å². The first-order valence-electron chi connectivity index (χ1n) is 7.17. The number of hydrogen-bond acceptors (Lipinski definition) is 4. The van der Waals surface area contributed by atoms with E-state index < -0.39 is 0 Å². The number of nitrogens with two attached hydrogens (primary N) is 1. The lowest BCUT2D eigenvalue weighted by Gasteiger charge is -2.08. The van der Waals surface area contributed by atoms with Gasteiger partial charge in [0.25, 0.3) is 5.91 Å². The van der Waals surface area contributed by atoms with Crippen LogP contribution in [0.4, 0.5) is 10.8 Å². The minimum Gasteiger partial charge on any atom is -0.399 e. The maximum atomic E-state index is 12.7. The van der Waals surface area contributed by atoms with E-state index in [1.807, 2.05) is 48.5 Å². The van der Waals surface area contributed by atoms with E-state index in [0.29, 0.717) is 20.7 Å². The summed E-state index contributed by atoms with van der Waals surface area (Å²) in [7, 11) is 0. The van der Waals surface area contributed by atoms with Crippen LogP contribution in [0, 0.1) is 0 Å². The molecule has 0 spiro atoms. The van der Waals surface area contributed by atoms with Gasteiger partial charge in [0.2, 0.25) is 0 Å². The van der Waals surface area contributed by atoms with E-state index in [0.717, 1.165) is 11.1 Å². The van der Waals surface area contributed by atoms with Crippen molar-refractivity contribution in [3.63, 3.8) is 0 Å². The zero-order chi connectivity index (χ0) is 16.9. The number of anilines is 2. The van der Waals surface area contributed by atoms with Crippen molar-refractivity contribution in [1.29, 1.82) is 0 Å². The molecule has 24 heavy (non-hydrogen) atoms. The molecule has 4 nitrogen and oxygen atoms in total. The van der Waals surface area contributed by atoms with Gasteiger partial charge in [-0.05, 0) is 29.3 Å². The Labute approximate surface area is 148 Å². The summed E-state index contributed by atoms with van der Waals surface area (Å²) in [5.74, 6) is -0.255. The Morgan fingerprint density at radius 2 is 1.83 bits per heavy atom. The van der Waals surface area contributed by atoms with Gasteiger partial charge in [-0.3, -0.25) is 10.1 Å². The third kappa shape index (κ3) is 4.01. The SMILES string of the molecule is Nc1ccc(/C(=C\c2ccccc2)C(=O)Nc2ncc(Cl)s2)cc1. The number of rotatable bonds is 4. The highest BCUT2D eigenvalue weighted by Crippen LogP contribution is 2.25. The predicted octanol–water partition coefficient (Wildman–Crippen LogP) is 4.56. The van der Waals surface area contributed by atoms with Crippen molar-refractivity contribution in [1.82, 2.24) is 4.98 Å². The number of nitrogens with one attached hydrogen (secondary N) is 1. The minimum absolute atomic E-state index is 0.255. The number of halogens is 1. The third-order valence-electron chi connectivity index (χ3n) is 3.27. The highest BCUT2D eigenvalue weighted by molar-refractivity contribution is 7.19. The van der Waals surface area contributed by atoms with Gasteiger partial charge in [0.15, 0.2) is 5.13 Å². The molecule has 0 aliphatic carbocycles. The molecule has 1 amide bonds. The molecule has 0 saturated heterocycles. The number of aromatic nitrogens is 1. The molecule has 0 aliphatic heterocycles. The molecule has 0 saturated carbocycles. The number of benzene rings is 2. The Kier molecular flexibility index (Phi) is 4.93. The van der Waals surface area contributed by atoms with Gasteiger partial charge in [0.1, 0.15) is 4.34 Å². The molecule has 0 fully saturated rings. The number of carbonyl (C=O) groups excluding carboxylic acids is 1. The number of nitrogens with zero attached hydrogens (tertiary/aromatic N) is 1. The van der Waals surface area contributed by atoms with Crippen molar-refractivity contribution in [3.8, 4) is 0 Å². The molecule has 1 aromatic heterocycles. The zero-order valence-corrected chi connectivity index (χ0v) is 14.1. The number of hydrogen-bond donors (Lipinski definition) is 2. The van der Waals surface area contributed by atoms with Crippen LogP contribution in [0.2, 0.25) is 4.34 Å². The van der Waals surface area contributed by atoms with E-state index in [1.165, 1.54) is 17.5 Å². The van der Waals surface area contributed by atoms with Gasteiger partial charge in [-0.15, -0.1) is 0 Å². The van der Waals surface area contributed by atoms with Gasteiger partial charge < -0.3 is 5.73 Å². The van der Waals surface area contributed by atoms with Crippen LogP contribution in [0.5, 0.6) is 0 Å². The summed E-state index contributed by atoms with van der Waals surface area (Å²) in [5, 5.41) is 3.24. The lowest BCUT2D eigenvalue weighted by Crippen LogP contribution is -2.13. The number of carbonyl (C=O) groups is 1. The van der Waals surface area contributed by atoms with Gasteiger partial charge in [-0.1, -0.05) is 65.4 Å². The van der Waals surface area contributed by atoms with Crippen LogP contribution < -0.4 is 11.1 Å². The van der Waals surface area contributed by atoms with Crippen LogP contribution in [0.15, 0.2) is 60.8 Å². The maximum absolute atomic E-state index is 12.7.